The third-order valence-corrected chi connectivity index (χ3v) is 2.17. The van der Waals surface area contributed by atoms with E-state index < -0.39 is 7.60 Å². The van der Waals surface area contributed by atoms with E-state index in [4.69, 9.17) is 18.9 Å². The van der Waals surface area contributed by atoms with Crippen molar-refractivity contribution in [1.29, 1.82) is 0 Å². The highest BCUT2D eigenvalue weighted by Gasteiger charge is 2.17. The summed E-state index contributed by atoms with van der Waals surface area (Å²) in [5.41, 5.74) is 0. The minimum absolute atomic E-state index is 0.168. The number of rotatable bonds is 2. The Bertz CT molecular complexity index is 397. The van der Waals surface area contributed by atoms with Crippen molar-refractivity contribution in [2.24, 2.45) is 0 Å². The maximum absolute atomic E-state index is 10.9. The van der Waals surface area contributed by atoms with Gasteiger partial charge in [0.2, 0.25) is 6.79 Å². The topological polar surface area (TPSA) is 65.0 Å². The molecular formula is C8H9O5P. The smallest absolute Gasteiger partial charge is 0.373 e. The van der Waals surface area contributed by atoms with Crippen molar-refractivity contribution in [3.05, 3.63) is 18.2 Å². The van der Waals surface area contributed by atoms with Crippen LogP contribution in [0.15, 0.2) is 18.2 Å². The Morgan fingerprint density at radius 3 is 2.86 bits per heavy atom. The first-order chi connectivity index (χ1) is 6.54. The van der Waals surface area contributed by atoms with E-state index in [-0.39, 0.29) is 6.79 Å². The van der Waals surface area contributed by atoms with Crippen molar-refractivity contribution >= 4 is 7.60 Å². The number of ether oxygens (including phenoxy) is 2. The summed E-state index contributed by atoms with van der Waals surface area (Å²) >= 11 is 0. The molecule has 0 saturated carbocycles. The second kappa shape index (κ2) is 3.19. The number of hydrogen-bond acceptors (Lipinski definition) is 4. The summed E-state index contributed by atoms with van der Waals surface area (Å²) in [5, 5.41) is 0. The van der Waals surface area contributed by atoms with Gasteiger partial charge in [0.15, 0.2) is 11.5 Å². The predicted octanol–water partition coefficient (Wildman–Crippen LogP) is 1.61. The lowest BCUT2D eigenvalue weighted by atomic mass is 10.3. The first-order valence-electron chi connectivity index (χ1n) is 3.94. The van der Waals surface area contributed by atoms with Crippen LogP contribution < -0.4 is 14.0 Å². The van der Waals surface area contributed by atoms with Gasteiger partial charge in [0.25, 0.3) is 0 Å². The van der Waals surface area contributed by atoms with Crippen LogP contribution in [0.25, 0.3) is 0 Å². The van der Waals surface area contributed by atoms with Gasteiger partial charge in [-0.1, -0.05) is 0 Å². The average Bonchev–Trinajstić information content (AvgIpc) is 2.47. The number of hydrogen-bond donors (Lipinski definition) is 1. The van der Waals surface area contributed by atoms with Crippen LogP contribution in [0, 0.1) is 0 Å². The van der Waals surface area contributed by atoms with Crippen LogP contribution in [-0.2, 0) is 4.57 Å². The zero-order valence-corrected chi connectivity index (χ0v) is 8.36. The normalized spacial score (nSPS) is 17.6. The Kier molecular flexibility index (Phi) is 2.13. The van der Waals surface area contributed by atoms with Crippen LogP contribution in [0.3, 0.4) is 0 Å². The molecule has 0 aliphatic carbocycles. The SMILES string of the molecule is CP(=O)(O)Oc1ccc2c(c1)OCO2. The fraction of sp³-hybridized carbons (Fsp3) is 0.250. The molecule has 1 aliphatic heterocycles. The summed E-state index contributed by atoms with van der Waals surface area (Å²) in [5.74, 6) is 1.43. The van der Waals surface area contributed by atoms with E-state index in [1.54, 1.807) is 12.1 Å². The van der Waals surface area contributed by atoms with Gasteiger partial charge in [-0.05, 0) is 12.1 Å². The molecule has 2 rings (SSSR count). The van der Waals surface area contributed by atoms with E-state index in [1.807, 2.05) is 0 Å². The molecule has 0 spiro atoms. The molecular weight excluding hydrogens is 207 g/mol. The predicted molar refractivity (Wildman–Crippen MR) is 48.9 cm³/mol. The van der Waals surface area contributed by atoms with Crippen LogP contribution in [0.2, 0.25) is 0 Å². The van der Waals surface area contributed by atoms with Gasteiger partial charge in [0.05, 0.1) is 0 Å². The third kappa shape index (κ3) is 2.00. The van der Waals surface area contributed by atoms with Gasteiger partial charge < -0.3 is 18.9 Å². The van der Waals surface area contributed by atoms with Crippen molar-refractivity contribution in [1.82, 2.24) is 0 Å². The highest BCUT2D eigenvalue weighted by atomic mass is 31.2. The van der Waals surface area contributed by atoms with Gasteiger partial charge in [0.1, 0.15) is 5.75 Å². The van der Waals surface area contributed by atoms with E-state index in [2.05, 4.69) is 0 Å². The molecule has 1 N–H and O–H groups in total. The molecule has 0 fully saturated rings. The number of fused-ring (bicyclic) bond motifs is 1. The lowest BCUT2D eigenvalue weighted by molar-refractivity contribution is 0.174. The summed E-state index contributed by atoms with van der Waals surface area (Å²) in [7, 11) is -3.51. The third-order valence-electron chi connectivity index (χ3n) is 1.62. The molecule has 0 aromatic heterocycles. The van der Waals surface area contributed by atoms with Crippen molar-refractivity contribution in [3.63, 3.8) is 0 Å². The highest BCUT2D eigenvalue weighted by molar-refractivity contribution is 7.52. The van der Waals surface area contributed by atoms with Crippen LogP contribution in [0.5, 0.6) is 17.2 Å². The minimum Gasteiger partial charge on any atom is -0.454 e. The lowest BCUT2D eigenvalue weighted by Gasteiger charge is -2.08. The van der Waals surface area contributed by atoms with Gasteiger partial charge in [0, 0.05) is 12.7 Å². The van der Waals surface area contributed by atoms with Gasteiger partial charge in [-0.15, -0.1) is 0 Å². The molecule has 1 aromatic carbocycles. The summed E-state index contributed by atoms with van der Waals surface area (Å²) < 4.78 is 25.9. The van der Waals surface area contributed by atoms with Crippen LogP contribution >= 0.6 is 7.60 Å². The summed E-state index contributed by atoms with van der Waals surface area (Å²) in [6.45, 7) is 1.29. The molecule has 6 heteroatoms. The Balaban J connectivity index is 2.25. The van der Waals surface area contributed by atoms with Crippen LogP contribution in [0.1, 0.15) is 0 Å². The fourth-order valence-corrected chi connectivity index (χ4v) is 1.63. The maximum Gasteiger partial charge on any atom is 0.373 e. The van der Waals surface area contributed by atoms with Gasteiger partial charge in [-0.2, -0.15) is 0 Å². The quantitative estimate of drug-likeness (QED) is 0.760. The highest BCUT2D eigenvalue weighted by Crippen LogP contribution is 2.42. The fourth-order valence-electron chi connectivity index (χ4n) is 1.13. The molecule has 76 valence electrons. The van der Waals surface area contributed by atoms with Crippen molar-refractivity contribution in [2.45, 2.75) is 0 Å². The van der Waals surface area contributed by atoms with E-state index >= 15 is 0 Å². The Labute approximate surface area is 80.8 Å². The first-order valence-corrected chi connectivity index (χ1v) is 5.96. The summed E-state index contributed by atoms with van der Waals surface area (Å²) in [6.07, 6.45) is 0. The molecule has 1 unspecified atom stereocenters. The molecule has 0 amide bonds. The van der Waals surface area contributed by atoms with Crippen LogP contribution in [0.4, 0.5) is 0 Å². The lowest BCUT2D eigenvalue weighted by Crippen LogP contribution is -1.93. The largest absolute Gasteiger partial charge is 0.454 e. The average molecular weight is 216 g/mol. The summed E-state index contributed by atoms with van der Waals surface area (Å²) in [6, 6.07) is 4.71. The van der Waals surface area contributed by atoms with Gasteiger partial charge in [-0.3, -0.25) is 0 Å². The zero-order valence-electron chi connectivity index (χ0n) is 7.47. The monoisotopic (exact) mass is 216 g/mol. The zero-order chi connectivity index (χ0) is 10.2. The van der Waals surface area contributed by atoms with Gasteiger partial charge >= 0.3 is 7.60 Å². The van der Waals surface area contributed by atoms with E-state index in [0.717, 1.165) is 6.66 Å². The van der Waals surface area contributed by atoms with Crippen molar-refractivity contribution in [3.8, 4) is 17.2 Å². The second-order valence-corrected chi connectivity index (χ2v) is 4.70. The maximum atomic E-state index is 10.9. The molecule has 1 atom stereocenters. The minimum atomic E-state index is -3.51. The summed E-state index contributed by atoms with van der Waals surface area (Å²) in [4.78, 5) is 8.98. The molecule has 1 aliphatic rings. The van der Waals surface area contributed by atoms with E-state index in [0.29, 0.717) is 17.2 Å². The molecule has 0 bridgehead atoms. The Hall–Kier alpha value is -1.19. The Morgan fingerprint density at radius 1 is 1.43 bits per heavy atom. The molecule has 1 heterocycles. The number of benzene rings is 1. The standard InChI is InChI=1S/C8H9O5P/c1-14(9,10)13-6-2-3-7-8(4-6)12-5-11-7/h2-4H,5H2,1H3,(H,9,10). The molecule has 5 nitrogen and oxygen atoms in total. The van der Waals surface area contributed by atoms with Crippen molar-refractivity contribution in [2.75, 3.05) is 13.5 Å². The molecule has 0 radical (unpaired) electrons. The van der Waals surface area contributed by atoms with Gasteiger partial charge in [-0.25, -0.2) is 4.57 Å². The molecule has 14 heavy (non-hydrogen) atoms. The van der Waals surface area contributed by atoms with Crippen LogP contribution in [-0.4, -0.2) is 18.4 Å². The molecule has 0 saturated heterocycles. The second-order valence-electron chi connectivity index (χ2n) is 2.91. The molecule has 1 aromatic rings. The van der Waals surface area contributed by atoms with E-state index in [9.17, 15) is 4.57 Å². The van der Waals surface area contributed by atoms with Crippen molar-refractivity contribution < 1.29 is 23.5 Å². The first kappa shape index (κ1) is 9.37. The van der Waals surface area contributed by atoms with E-state index in [1.165, 1.54) is 6.07 Å². The Morgan fingerprint density at radius 2 is 2.14 bits per heavy atom.